The van der Waals surface area contributed by atoms with Gasteiger partial charge in [-0.05, 0) is 48.9 Å². The Labute approximate surface area is 160 Å². The second-order valence-electron chi connectivity index (χ2n) is 6.32. The molecule has 2 rings (SSSR count). The first kappa shape index (κ1) is 20.1. The van der Waals surface area contributed by atoms with Crippen molar-refractivity contribution in [1.82, 2.24) is 10.6 Å². The first-order chi connectivity index (χ1) is 12.6. The zero-order valence-corrected chi connectivity index (χ0v) is 17.0. The van der Waals surface area contributed by atoms with Crippen molar-refractivity contribution in [2.24, 2.45) is 10.9 Å². The highest BCUT2D eigenvalue weighted by atomic mass is 32.1. The molecule has 26 heavy (non-hydrogen) atoms. The van der Waals surface area contributed by atoms with Crippen LogP contribution in [0, 0.1) is 5.92 Å². The lowest BCUT2D eigenvalue weighted by atomic mass is 10.1. The van der Waals surface area contributed by atoms with E-state index in [4.69, 9.17) is 9.47 Å². The van der Waals surface area contributed by atoms with Crippen LogP contribution in [0.1, 0.15) is 30.3 Å². The first-order valence-electron chi connectivity index (χ1n) is 8.78. The summed E-state index contributed by atoms with van der Waals surface area (Å²) in [5, 5.41) is 8.97. The van der Waals surface area contributed by atoms with Crippen molar-refractivity contribution < 1.29 is 9.47 Å². The second kappa shape index (κ2) is 10.1. The van der Waals surface area contributed by atoms with Crippen LogP contribution in [0.3, 0.4) is 0 Å². The number of hydrogen-bond acceptors (Lipinski definition) is 4. The normalized spacial score (nSPS) is 13.8. The van der Waals surface area contributed by atoms with E-state index < -0.39 is 0 Å². The Morgan fingerprint density at radius 3 is 2.62 bits per heavy atom. The van der Waals surface area contributed by atoms with Gasteiger partial charge in [-0.1, -0.05) is 13.0 Å². The van der Waals surface area contributed by atoms with Crippen LogP contribution in [0.2, 0.25) is 0 Å². The van der Waals surface area contributed by atoms with Gasteiger partial charge in [0.1, 0.15) is 11.5 Å². The van der Waals surface area contributed by atoms with E-state index in [1.165, 1.54) is 4.88 Å². The van der Waals surface area contributed by atoms with E-state index in [1.54, 1.807) is 21.3 Å². The number of ether oxygens (including phenoxy) is 2. The van der Waals surface area contributed by atoms with Crippen molar-refractivity contribution in [3.8, 4) is 11.5 Å². The lowest BCUT2D eigenvalue weighted by molar-refractivity contribution is 0.394. The fourth-order valence-corrected chi connectivity index (χ4v) is 3.64. The Morgan fingerprint density at radius 1 is 1.19 bits per heavy atom. The molecule has 6 heteroatoms. The molecule has 0 spiro atoms. The van der Waals surface area contributed by atoms with Crippen molar-refractivity contribution in [3.63, 3.8) is 0 Å². The summed E-state index contributed by atoms with van der Waals surface area (Å²) in [6.45, 7) is 5.19. The SMILES string of the molecule is CN=C(NCC(C)Cc1cccs1)NC(C)c1cc(OC)ccc1OC. The average molecular weight is 376 g/mol. The standard InChI is InChI=1S/C20H29N3O2S/c1-14(11-17-7-6-10-26-17)13-22-20(21-3)23-15(2)18-12-16(24-4)8-9-19(18)25-5/h6-10,12,14-15H,11,13H2,1-5H3,(H2,21,22,23). The highest BCUT2D eigenvalue weighted by Gasteiger charge is 2.15. The largest absolute Gasteiger partial charge is 0.497 e. The third-order valence-electron chi connectivity index (χ3n) is 4.23. The minimum absolute atomic E-state index is 0.0267. The van der Waals surface area contributed by atoms with E-state index >= 15 is 0 Å². The fraction of sp³-hybridized carbons (Fsp3) is 0.450. The summed E-state index contributed by atoms with van der Waals surface area (Å²) in [5.41, 5.74) is 1.03. The highest BCUT2D eigenvalue weighted by Crippen LogP contribution is 2.29. The van der Waals surface area contributed by atoms with E-state index in [0.29, 0.717) is 5.92 Å². The Kier molecular flexibility index (Phi) is 7.78. The summed E-state index contributed by atoms with van der Waals surface area (Å²) in [6.07, 6.45) is 1.07. The van der Waals surface area contributed by atoms with Gasteiger partial charge in [-0.3, -0.25) is 4.99 Å². The third kappa shape index (κ3) is 5.66. The highest BCUT2D eigenvalue weighted by molar-refractivity contribution is 7.09. The lowest BCUT2D eigenvalue weighted by Gasteiger charge is -2.22. The molecule has 5 nitrogen and oxygen atoms in total. The molecule has 0 aliphatic carbocycles. The number of rotatable bonds is 8. The summed E-state index contributed by atoms with van der Waals surface area (Å²) >= 11 is 1.81. The number of nitrogens with one attached hydrogen (secondary N) is 2. The number of aliphatic imine (C=N–C) groups is 1. The molecule has 142 valence electrons. The van der Waals surface area contributed by atoms with Gasteiger partial charge in [-0.2, -0.15) is 0 Å². The second-order valence-corrected chi connectivity index (χ2v) is 7.35. The van der Waals surface area contributed by atoms with Gasteiger partial charge in [0.25, 0.3) is 0 Å². The summed E-state index contributed by atoms with van der Waals surface area (Å²) < 4.78 is 10.8. The molecule has 0 saturated heterocycles. The number of hydrogen-bond donors (Lipinski definition) is 2. The van der Waals surface area contributed by atoms with Crippen LogP contribution >= 0.6 is 11.3 Å². The summed E-state index contributed by atoms with van der Waals surface area (Å²) in [7, 11) is 5.13. The van der Waals surface area contributed by atoms with Crippen LogP contribution in [0.4, 0.5) is 0 Å². The van der Waals surface area contributed by atoms with Crippen molar-refractivity contribution in [3.05, 3.63) is 46.2 Å². The van der Waals surface area contributed by atoms with Crippen LogP contribution in [0.25, 0.3) is 0 Å². The minimum atomic E-state index is 0.0267. The summed E-state index contributed by atoms with van der Waals surface area (Å²) in [4.78, 5) is 5.76. The Hall–Kier alpha value is -2.21. The topological polar surface area (TPSA) is 54.9 Å². The van der Waals surface area contributed by atoms with E-state index in [-0.39, 0.29) is 6.04 Å². The van der Waals surface area contributed by atoms with Crippen LogP contribution < -0.4 is 20.1 Å². The first-order valence-corrected chi connectivity index (χ1v) is 9.66. The smallest absolute Gasteiger partial charge is 0.191 e. The Morgan fingerprint density at radius 2 is 2.00 bits per heavy atom. The Bertz CT molecular complexity index is 701. The monoisotopic (exact) mass is 375 g/mol. The van der Waals surface area contributed by atoms with Gasteiger partial charge in [0.15, 0.2) is 5.96 Å². The summed E-state index contributed by atoms with van der Waals surface area (Å²) in [6, 6.07) is 10.1. The molecule has 0 amide bonds. The van der Waals surface area contributed by atoms with Crippen molar-refractivity contribution in [1.29, 1.82) is 0 Å². The molecule has 1 heterocycles. The maximum absolute atomic E-state index is 5.48. The van der Waals surface area contributed by atoms with Crippen LogP contribution in [0.15, 0.2) is 40.7 Å². The van der Waals surface area contributed by atoms with Gasteiger partial charge in [0, 0.05) is 24.0 Å². The predicted molar refractivity (Wildman–Crippen MR) is 110 cm³/mol. The maximum Gasteiger partial charge on any atom is 0.191 e. The molecule has 0 aliphatic rings. The van der Waals surface area contributed by atoms with E-state index in [2.05, 4.69) is 47.0 Å². The molecule has 2 N–H and O–H groups in total. The summed E-state index contributed by atoms with van der Waals surface area (Å²) in [5.74, 6) is 2.93. The molecule has 0 saturated carbocycles. The van der Waals surface area contributed by atoms with Crippen molar-refractivity contribution in [2.75, 3.05) is 27.8 Å². The molecular formula is C20H29N3O2S. The molecule has 1 aromatic carbocycles. The zero-order valence-electron chi connectivity index (χ0n) is 16.2. The molecule has 2 unspecified atom stereocenters. The quantitative estimate of drug-likeness (QED) is 0.543. The average Bonchev–Trinajstić information content (AvgIpc) is 3.17. The van der Waals surface area contributed by atoms with E-state index in [9.17, 15) is 0 Å². The molecule has 2 aromatic rings. The number of guanidine groups is 1. The molecule has 2 atom stereocenters. The van der Waals surface area contributed by atoms with E-state index in [0.717, 1.165) is 36.0 Å². The zero-order chi connectivity index (χ0) is 18.9. The van der Waals surface area contributed by atoms with Crippen LogP contribution in [0.5, 0.6) is 11.5 Å². The van der Waals surface area contributed by atoms with Gasteiger partial charge in [-0.25, -0.2) is 0 Å². The fourth-order valence-electron chi connectivity index (χ4n) is 2.77. The van der Waals surface area contributed by atoms with Gasteiger partial charge in [0.05, 0.1) is 20.3 Å². The van der Waals surface area contributed by atoms with Gasteiger partial charge in [-0.15, -0.1) is 11.3 Å². The predicted octanol–water partition coefficient (Wildman–Crippen LogP) is 3.87. The molecule has 0 aliphatic heterocycles. The lowest BCUT2D eigenvalue weighted by Crippen LogP contribution is -2.40. The number of thiophene rings is 1. The third-order valence-corrected chi connectivity index (χ3v) is 5.13. The maximum atomic E-state index is 5.48. The van der Waals surface area contributed by atoms with Crippen LogP contribution in [-0.4, -0.2) is 33.8 Å². The van der Waals surface area contributed by atoms with Gasteiger partial charge in [0.2, 0.25) is 0 Å². The number of methoxy groups -OCH3 is 2. The Balaban J connectivity index is 1.94. The molecule has 0 fully saturated rings. The van der Waals surface area contributed by atoms with Gasteiger partial charge < -0.3 is 20.1 Å². The minimum Gasteiger partial charge on any atom is -0.497 e. The number of nitrogens with zero attached hydrogens (tertiary/aromatic N) is 1. The van der Waals surface area contributed by atoms with Crippen molar-refractivity contribution >= 4 is 17.3 Å². The molecule has 0 radical (unpaired) electrons. The van der Waals surface area contributed by atoms with Crippen molar-refractivity contribution in [2.45, 2.75) is 26.3 Å². The molecule has 1 aromatic heterocycles. The molecular weight excluding hydrogens is 346 g/mol. The molecule has 0 bridgehead atoms. The van der Waals surface area contributed by atoms with E-state index in [1.807, 2.05) is 29.5 Å². The van der Waals surface area contributed by atoms with Gasteiger partial charge >= 0.3 is 0 Å². The number of benzene rings is 1. The van der Waals surface area contributed by atoms with Crippen LogP contribution in [-0.2, 0) is 6.42 Å².